The van der Waals surface area contributed by atoms with E-state index >= 15 is 0 Å². The van der Waals surface area contributed by atoms with Crippen LogP contribution in [0.2, 0.25) is 19.6 Å². The zero-order valence-electron chi connectivity index (χ0n) is 32.3. The number of allylic oxidation sites excluding steroid dienone is 4. The quantitative estimate of drug-likeness (QED) is 0.184. The van der Waals surface area contributed by atoms with Gasteiger partial charge in [-0.25, -0.2) is 9.97 Å². The molecule has 4 nitrogen and oxygen atoms in total. The molecule has 0 unspecified atom stereocenters. The van der Waals surface area contributed by atoms with Gasteiger partial charge >= 0.3 is 0 Å². The maximum absolute atomic E-state index is 5.45. The van der Waals surface area contributed by atoms with Crippen molar-refractivity contribution in [2.24, 2.45) is 0 Å². The molecular weight excluding hydrogens is 625 g/mol. The molecule has 2 N–H and O–H groups in total. The lowest BCUT2D eigenvalue weighted by Gasteiger charge is -2.08. The predicted molar refractivity (Wildman–Crippen MR) is 219 cm³/mol. The molecule has 0 radical (unpaired) electrons. The maximum atomic E-state index is 5.45. The van der Waals surface area contributed by atoms with E-state index in [1.807, 2.05) is 0 Å². The van der Waals surface area contributed by atoms with Crippen molar-refractivity contribution < 1.29 is 0 Å². The summed E-state index contributed by atoms with van der Waals surface area (Å²) in [5.74, 6) is 15.8. The molecule has 0 saturated heterocycles. The van der Waals surface area contributed by atoms with Gasteiger partial charge in [-0.3, -0.25) is 0 Å². The van der Waals surface area contributed by atoms with E-state index in [0.717, 1.165) is 90.7 Å². The Balaban J connectivity index is 2.05. The van der Waals surface area contributed by atoms with E-state index in [9.17, 15) is 0 Å². The van der Waals surface area contributed by atoms with Crippen LogP contribution in [0.15, 0.2) is 18.2 Å². The van der Waals surface area contributed by atoms with Crippen molar-refractivity contribution >= 4 is 52.4 Å². The van der Waals surface area contributed by atoms with Crippen LogP contribution in [0, 0.1) is 35.1 Å². The number of fused-ring (bicyclic) bond motifs is 8. The third-order valence-electron chi connectivity index (χ3n) is 9.92. The zero-order valence-corrected chi connectivity index (χ0v) is 33.3. The van der Waals surface area contributed by atoms with Gasteiger partial charge in [-0.05, 0) is 144 Å². The van der Waals surface area contributed by atoms with E-state index in [1.54, 1.807) is 0 Å². The Bertz CT molecular complexity index is 2120. The smallest absolute Gasteiger partial charge is 0.130 e. The fourth-order valence-electron chi connectivity index (χ4n) is 7.68. The summed E-state index contributed by atoms with van der Waals surface area (Å²) in [5, 5.41) is 0. The number of aryl methyl sites for hydroxylation is 4. The molecule has 0 amide bonds. The van der Waals surface area contributed by atoms with Gasteiger partial charge in [0.15, 0.2) is 0 Å². The summed E-state index contributed by atoms with van der Waals surface area (Å²) in [6.07, 6.45) is 7.29. The Labute approximate surface area is 301 Å². The predicted octanol–water partition coefficient (Wildman–Crippen LogP) is 11.3. The van der Waals surface area contributed by atoms with Gasteiger partial charge in [0, 0.05) is 22.1 Å². The zero-order chi connectivity index (χ0) is 36.2. The van der Waals surface area contributed by atoms with E-state index in [-0.39, 0.29) is 0 Å². The third kappa shape index (κ3) is 7.06. The first-order chi connectivity index (χ1) is 24.1. The highest BCUT2D eigenvalue weighted by Gasteiger charge is 2.26. The SMILES string of the molecule is CCC1=C(CC)c2nc1cc1[nH]c(cc3[nH]c(cc4nc(c2C#CC#CC#C[Si](C)(C)C)C(CC)=C4CC)c(CC)c3CC)c(CC)c1CC. The summed E-state index contributed by atoms with van der Waals surface area (Å²) in [6.45, 7) is 24.6. The minimum absolute atomic E-state index is 0.856. The molecule has 5 heteroatoms. The summed E-state index contributed by atoms with van der Waals surface area (Å²) in [4.78, 5) is 18.6. The fourth-order valence-corrected chi connectivity index (χ4v) is 8.12. The van der Waals surface area contributed by atoms with Crippen molar-refractivity contribution in [3.05, 3.63) is 68.8 Å². The second-order valence-electron chi connectivity index (χ2n) is 14.1. The molecular formula is C45H54N4Si. The summed E-state index contributed by atoms with van der Waals surface area (Å²) in [6, 6.07) is 6.92. The minimum Gasteiger partial charge on any atom is -0.355 e. The second kappa shape index (κ2) is 15.6. The van der Waals surface area contributed by atoms with Crippen LogP contribution in [-0.4, -0.2) is 28.0 Å². The topological polar surface area (TPSA) is 57.4 Å². The molecule has 5 rings (SSSR count). The van der Waals surface area contributed by atoms with E-state index in [0.29, 0.717) is 0 Å². The number of aromatic nitrogens is 4. The fraction of sp³-hybridized carbons (Fsp3) is 0.422. The van der Waals surface area contributed by atoms with E-state index in [1.165, 1.54) is 55.6 Å². The highest BCUT2D eigenvalue weighted by Crippen LogP contribution is 2.41. The molecule has 0 spiro atoms. The number of nitrogens with one attached hydrogen (secondary N) is 2. The molecule has 5 heterocycles. The van der Waals surface area contributed by atoms with Crippen LogP contribution in [0.25, 0.3) is 44.4 Å². The number of aromatic amines is 2. The molecule has 0 atom stereocenters. The van der Waals surface area contributed by atoms with Gasteiger partial charge in [-0.1, -0.05) is 75.0 Å². The van der Waals surface area contributed by atoms with Crippen LogP contribution >= 0.6 is 0 Å². The van der Waals surface area contributed by atoms with Crippen molar-refractivity contribution in [2.45, 2.75) is 126 Å². The van der Waals surface area contributed by atoms with Crippen molar-refractivity contribution in [3.8, 4) is 35.1 Å². The van der Waals surface area contributed by atoms with Crippen molar-refractivity contribution in [3.63, 3.8) is 0 Å². The van der Waals surface area contributed by atoms with E-state index < -0.39 is 8.07 Å². The van der Waals surface area contributed by atoms with Crippen molar-refractivity contribution in [2.75, 3.05) is 0 Å². The summed E-state index contributed by atoms with van der Waals surface area (Å²) < 4.78 is 0. The van der Waals surface area contributed by atoms with E-state index in [4.69, 9.17) is 9.97 Å². The van der Waals surface area contributed by atoms with Crippen LogP contribution in [0.1, 0.15) is 132 Å². The monoisotopic (exact) mass is 678 g/mol. The average Bonchev–Trinajstić information content (AvgIpc) is 3.82. The molecule has 3 aromatic rings. The molecule has 2 aliphatic rings. The van der Waals surface area contributed by atoms with Crippen molar-refractivity contribution in [1.29, 1.82) is 0 Å². The lowest BCUT2D eigenvalue weighted by molar-refractivity contribution is 1.07. The van der Waals surface area contributed by atoms with Crippen LogP contribution in [0.3, 0.4) is 0 Å². The van der Waals surface area contributed by atoms with E-state index in [2.05, 4.69) is 138 Å². The van der Waals surface area contributed by atoms with Gasteiger partial charge in [-0.2, -0.15) is 0 Å². The first-order valence-corrected chi connectivity index (χ1v) is 22.4. The summed E-state index contributed by atoms with van der Waals surface area (Å²) in [5.41, 5.74) is 23.3. The highest BCUT2D eigenvalue weighted by atomic mass is 28.3. The Kier molecular flexibility index (Phi) is 11.5. The first-order valence-electron chi connectivity index (χ1n) is 18.9. The first kappa shape index (κ1) is 36.8. The third-order valence-corrected chi connectivity index (χ3v) is 10.8. The number of H-pyrrole nitrogens is 2. The minimum atomic E-state index is -1.52. The molecule has 0 aliphatic carbocycles. The molecule has 0 aromatic carbocycles. The van der Waals surface area contributed by atoms with Gasteiger partial charge in [0.05, 0.1) is 28.3 Å². The number of hydrogen-bond donors (Lipinski definition) is 2. The molecule has 50 heavy (non-hydrogen) atoms. The molecule has 258 valence electrons. The van der Waals surface area contributed by atoms with Gasteiger partial charge in [-0.15, -0.1) is 5.54 Å². The van der Waals surface area contributed by atoms with Gasteiger partial charge < -0.3 is 9.97 Å². The van der Waals surface area contributed by atoms with Crippen LogP contribution in [0.4, 0.5) is 0 Å². The van der Waals surface area contributed by atoms with Gasteiger partial charge in [0.1, 0.15) is 8.07 Å². The summed E-state index contributed by atoms with van der Waals surface area (Å²) in [7, 11) is -1.52. The lowest BCUT2D eigenvalue weighted by atomic mass is 9.94. The molecule has 0 saturated carbocycles. The number of rotatable bonds is 8. The Hall–Kier alpha value is -4.50. The van der Waals surface area contributed by atoms with Crippen LogP contribution in [0.5, 0.6) is 0 Å². The standard InChI is InChI=1S/C45H54N4Si/c1-12-29-31(14-3)40-27-42-33(16-5)35(18-7)44(48-42)37(24-22-20-21-23-25-50(9,10)11)45-36(19-8)34(17-6)43(49-45)28-41-32(15-4)30(13-2)39(47-41)26-38(29)46-40/h26-28,46-47H,12-19H2,1-11H3. The Morgan fingerprint density at radius 2 is 0.860 bits per heavy atom. The number of hydrogen-bond acceptors (Lipinski definition) is 2. The molecule has 3 aromatic heterocycles. The molecule has 0 fully saturated rings. The van der Waals surface area contributed by atoms with Gasteiger partial charge in [0.2, 0.25) is 0 Å². The second-order valence-corrected chi connectivity index (χ2v) is 18.8. The Morgan fingerprint density at radius 3 is 1.22 bits per heavy atom. The summed E-state index contributed by atoms with van der Waals surface area (Å²) >= 11 is 0. The largest absolute Gasteiger partial charge is 0.355 e. The molecule has 8 bridgehead atoms. The molecule has 2 aliphatic heterocycles. The van der Waals surface area contributed by atoms with Crippen molar-refractivity contribution in [1.82, 2.24) is 19.9 Å². The van der Waals surface area contributed by atoms with Crippen LogP contribution in [-0.2, 0) is 25.7 Å². The average molecular weight is 679 g/mol. The highest BCUT2D eigenvalue weighted by molar-refractivity contribution is 6.83. The normalized spacial score (nSPS) is 12.7. The van der Waals surface area contributed by atoms with Crippen LogP contribution < -0.4 is 0 Å². The maximum Gasteiger partial charge on any atom is 0.130 e. The van der Waals surface area contributed by atoms with Gasteiger partial charge in [0.25, 0.3) is 0 Å². The lowest BCUT2D eigenvalue weighted by Crippen LogP contribution is -2.16. The Morgan fingerprint density at radius 1 is 0.480 bits per heavy atom. The number of nitrogens with zero attached hydrogens (tertiary/aromatic N) is 2.